The van der Waals surface area contributed by atoms with Gasteiger partial charge in [-0.1, -0.05) is 11.6 Å². The van der Waals surface area contributed by atoms with Crippen LogP contribution >= 0.6 is 23.4 Å². The number of H-pyrrole nitrogens is 1. The smallest absolute Gasteiger partial charge is 0.225 e. The molecule has 8 heteroatoms. The fraction of sp³-hybridized carbons (Fsp3) is 0.0909. The summed E-state index contributed by atoms with van der Waals surface area (Å²) >= 11 is 7.49. The number of aromatic amines is 1. The molecule has 0 radical (unpaired) electrons. The van der Waals surface area contributed by atoms with E-state index in [-0.39, 0.29) is 0 Å². The van der Waals surface area contributed by atoms with E-state index in [2.05, 4.69) is 30.5 Å². The number of halogens is 1. The molecule has 2 N–H and O–H groups in total. The Morgan fingerprint density at radius 3 is 3.00 bits per heavy atom. The first-order chi connectivity index (χ1) is 9.28. The van der Waals surface area contributed by atoms with Crippen molar-refractivity contribution in [3.8, 4) is 0 Å². The minimum atomic E-state index is 0.520. The molecule has 3 rings (SSSR count). The van der Waals surface area contributed by atoms with Gasteiger partial charge in [0, 0.05) is 13.2 Å². The third-order valence-electron chi connectivity index (χ3n) is 2.42. The summed E-state index contributed by atoms with van der Waals surface area (Å²) in [4.78, 5) is 12.9. The average molecular weight is 293 g/mol. The zero-order chi connectivity index (χ0) is 13.2. The highest BCUT2D eigenvalue weighted by Crippen LogP contribution is 2.33. The summed E-state index contributed by atoms with van der Waals surface area (Å²) in [6.07, 6.45) is 3.38. The van der Waals surface area contributed by atoms with Crippen LogP contribution in [0.3, 0.4) is 0 Å². The Balaban J connectivity index is 2.09. The Labute approximate surface area is 118 Å². The van der Waals surface area contributed by atoms with Crippen LogP contribution in [0.15, 0.2) is 34.6 Å². The molecule has 3 aromatic heterocycles. The molecule has 3 heterocycles. The van der Waals surface area contributed by atoms with E-state index in [1.54, 1.807) is 31.6 Å². The Morgan fingerprint density at radius 2 is 2.21 bits per heavy atom. The van der Waals surface area contributed by atoms with Crippen molar-refractivity contribution in [2.24, 2.45) is 0 Å². The summed E-state index contributed by atoms with van der Waals surface area (Å²) in [6.45, 7) is 0. The molecule has 0 bridgehead atoms. The van der Waals surface area contributed by atoms with E-state index in [9.17, 15) is 0 Å². The van der Waals surface area contributed by atoms with Crippen molar-refractivity contribution >= 4 is 40.3 Å². The zero-order valence-electron chi connectivity index (χ0n) is 9.88. The molecule has 3 aromatic rings. The van der Waals surface area contributed by atoms with Crippen molar-refractivity contribution in [2.75, 3.05) is 12.4 Å². The normalized spacial score (nSPS) is 10.8. The van der Waals surface area contributed by atoms with E-state index in [4.69, 9.17) is 11.6 Å². The van der Waals surface area contributed by atoms with Gasteiger partial charge < -0.3 is 5.32 Å². The van der Waals surface area contributed by atoms with Crippen molar-refractivity contribution < 1.29 is 0 Å². The lowest BCUT2D eigenvalue weighted by atomic mass is 10.4. The molecule has 0 aliphatic heterocycles. The SMILES string of the molecule is CNc1nc(Sc2ncccc2Cl)c2cn[nH]c2n1. The predicted octanol–water partition coefficient (Wildman–Crippen LogP) is 2.59. The lowest BCUT2D eigenvalue weighted by Gasteiger charge is -2.05. The summed E-state index contributed by atoms with van der Waals surface area (Å²) in [5, 5.41) is 12.6. The highest BCUT2D eigenvalue weighted by Gasteiger charge is 2.12. The van der Waals surface area contributed by atoms with Gasteiger partial charge in [-0.25, -0.2) is 9.97 Å². The lowest BCUT2D eigenvalue weighted by molar-refractivity contribution is 1.06. The molecule has 0 amide bonds. The van der Waals surface area contributed by atoms with Gasteiger partial charge in [-0.05, 0) is 23.9 Å². The highest BCUT2D eigenvalue weighted by atomic mass is 35.5. The van der Waals surface area contributed by atoms with Crippen LogP contribution < -0.4 is 5.32 Å². The van der Waals surface area contributed by atoms with Crippen molar-refractivity contribution in [3.05, 3.63) is 29.5 Å². The summed E-state index contributed by atoms with van der Waals surface area (Å²) in [6, 6.07) is 3.59. The maximum Gasteiger partial charge on any atom is 0.225 e. The Bertz CT molecular complexity index is 728. The standard InChI is InChI=1S/C11H9ClN6S/c1-13-11-16-8-6(5-15-18-8)9(17-11)19-10-7(12)3-2-4-14-10/h2-5H,1H3,(H2,13,15,16,17,18). The third kappa shape index (κ3) is 2.34. The molecular weight excluding hydrogens is 284 g/mol. The fourth-order valence-corrected chi connectivity index (χ4v) is 2.63. The minimum Gasteiger partial charge on any atom is -0.357 e. The number of hydrogen-bond acceptors (Lipinski definition) is 6. The van der Waals surface area contributed by atoms with Gasteiger partial charge >= 0.3 is 0 Å². The van der Waals surface area contributed by atoms with Crippen LogP contribution in [-0.2, 0) is 0 Å². The number of nitrogens with one attached hydrogen (secondary N) is 2. The van der Waals surface area contributed by atoms with E-state index < -0.39 is 0 Å². The summed E-state index contributed by atoms with van der Waals surface area (Å²) in [5.74, 6) is 0.520. The van der Waals surface area contributed by atoms with E-state index in [0.717, 1.165) is 10.4 Å². The summed E-state index contributed by atoms with van der Waals surface area (Å²) in [7, 11) is 1.76. The van der Waals surface area contributed by atoms with Crippen LogP contribution in [-0.4, -0.2) is 32.2 Å². The molecule has 0 atom stereocenters. The second-order valence-corrected chi connectivity index (χ2v) is 5.01. The molecule has 0 aliphatic carbocycles. The predicted molar refractivity (Wildman–Crippen MR) is 74.6 cm³/mol. The van der Waals surface area contributed by atoms with Crippen LogP contribution in [0.25, 0.3) is 11.0 Å². The molecule has 0 fully saturated rings. The van der Waals surface area contributed by atoms with E-state index in [0.29, 0.717) is 21.6 Å². The first-order valence-corrected chi connectivity index (χ1v) is 6.64. The van der Waals surface area contributed by atoms with Gasteiger partial charge in [-0.3, -0.25) is 5.10 Å². The van der Waals surface area contributed by atoms with Gasteiger partial charge in [0.1, 0.15) is 10.1 Å². The molecule has 6 nitrogen and oxygen atoms in total. The molecular formula is C11H9ClN6S. The van der Waals surface area contributed by atoms with Crippen LogP contribution in [0.1, 0.15) is 0 Å². The first kappa shape index (κ1) is 12.2. The average Bonchev–Trinajstić information content (AvgIpc) is 2.89. The van der Waals surface area contributed by atoms with Crippen LogP contribution in [0.5, 0.6) is 0 Å². The first-order valence-electron chi connectivity index (χ1n) is 5.45. The van der Waals surface area contributed by atoms with Crippen molar-refractivity contribution in [1.29, 1.82) is 0 Å². The molecule has 19 heavy (non-hydrogen) atoms. The van der Waals surface area contributed by atoms with Crippen molar-refractivity contribution in [1.82, 2.24) is 25.1 Å². The lowest BCUT2D eigenvalue weighted by Crippen LogP contribution is -1.98. The Kier molecular flexibility index (Phi) is 3.22. The topological polar surface area (TPSA) is 79.4 Å². The molecule has 0 aromatic carbocycles. The maximum absolute atomic E-state index is 6.11. The minimum absolute atomic E-state index is 0.520. The molecule has 0 spiro atoms. The Morgan fingerprint density at radius 1 is 1.32 bits per heavy atom. The van der Waals surface area contributed by atoms with Gasteiger partial charge in [0.05, 0.1) is 16.6 Å². The Hall–Kier alpha value is -1.86. The van der Waals surface area contributed by atoms with Gasteiger partial charge in [-0.2, -0.15) is 10.1 Å². The number of nitrogens with zero attached hydrogens (tertiary/aromatic N) is 4. The molecule has 96 valence electrons. The van der Waals surface area contributed by atoms with Gasteiger partial charge in [0.2, 0.25) is 5.95 Å². The van der Waals surface area contributed by atoms with E-state index >= 15 is 0 Å². The van der Waals surface area contributed by atoms with E-state index in [1.165, 1.54) is 11.8 Å². The number of aromatic nitrogens is 5. The maximum atomic E-state index is 6.11. The molecule has 0 unspecified atom stereocenters. The van der Waals surface area contributed by atoms with Crippen LogP contribution in [0.4, 0.5) is 5.95 Å². The summed E-state index contributed by atoms with van der Waals surface area (Å²) < 4.78 is 0. The largest absolute Gasteiger partial charge is 0.357 e. The van der Waals surface area contributed by atoms with Crippen molar-refractivity contribution in [3.63, 3.8) is 0 Å². The van der Waals surface area contributed by atoms with Gasteiger partial charge in [0.15, 0.2) is 5.65 Å². The highest BCUT2D eigenvalue weighted by molar-refractivity contribution is 7.99. The molecule has 0 saturated heterocycles. The molecule has 0 aliphatic rings. The fourth-order valence-electron chi connectivity index (χ4n) is 1.54. The number of hydrogen-bond donors (Lipinski definition) is 2. The van der Waals surface area contributed by atoms with Crippen molar-refractivity contribution in [2.45, 2.75) is 10.1 Å². The van der Waals surface area contributed by atoms with Crippen LogP contribution in [0.2, 0.25) is 5.02 Å². The number of pyridine rings is 1. The number of anilines is 1. The number of rotatable bonds is 3. The summed E-state index contributed by atoms with van der Waals surface area (Å²) in [5.41, 5.74) is 0.675. The third-order valence-corrected chi connectivity index (χ3v) is 3.86. The second kappa shape index (κ2) is 5.02. The number of fused-ring (bicyclic) bond motifs is 1. The van der Waals surface area contributed by atoms with Gasteiger partial charge in [-0.15, -0.1) is 0 Å². The quantitative estimate of drug-likeness (QED) is 0.722. The second-order valence-electron chi connectivity index (χ2n) is 3.63. The molecule has 0 saturated carbocycles. The zero-order valence-corrected chi connectivity index (χ0v) is 11.5. The monoisotopic (exact) mass is 292 g/mol. The van der Waals surface area contributed by atoms with Gasteiger partial charge in [0.25, 0.3) is 0 Å². The van der Waals surface area contributed by atoms with Crippen LogP contribution in [0, 0.1) is 0 Å². The van der Waals surface area contributed by atoms with E-state index in [1.807, 2.05) is 0 Å².